The van der Waals surface area contributed by atoms with Crippen LogP contribution in [0.1, 0.15) is 25.8 Å². The van der Waals surface area contributed by atoms with Crippen LogP contribution in [0.4, 0.5) is 0 Å². The predicted octanol–water partition coefficient (Wildman–Crippen LogP) is 3.91. The van der Waals surface area contributed by atoms with Crippen LogP contribution in [0, 0.1) is 5.92 Å². The SMILES string of the molecule is CC(C)CC(CN(C)C)NCc1cccc2ccccc12. The van der Waals surface area contributed by atoms with Crippen molar-refractivity contribution < 1.29 is 0 Å². The maximum Gasteiger partial charge on any atom is 0.0214 e. The van der Waals surface area contributed by atoms with Crippen molar-refractivity contribution in [2.75, 3.05) is 20.6 Å². The molecule has 2 rings (SSSR count). The molecule has 1 N–H and O–H groups in total. The van der Waals surface area contributed by atoms with E-state index < -0.39 is 0 Å². The first kappa shape index (κ1) is 16.0. The van der Waals surface area contributed by atoms with Crippen LogP contribution in [0.25, 0.3) is 10.8 Å². The zero-order valence-corrected chi connectivity index (χ0v) is 13.8. The van der Waals surface area contributed by atoms with Crippen LogP contribution >= 0.6 is 0 Å². The van der Waals surface area contributed by atoms with Crippen molar-refractivity contribution in [2.45, 2.75) is 32.9 Å². The Morgan fingerprint density at radius 1 is 1.00 bits per heavy atom. The van der Waals surface area contributed by atoms with E-state index in [4.69, 9.17) is 0 Å². The third-order valence-corrected chi connectivity index (χ3v) is 3.80. The number of hydrogen-bond acceptors (Lipinski definition) is 2. The molecule has 2 aromatic rings. The van der Waals surface area contributed by atoms with Gasteiger partial charge in [0.2, 0.25) is 0 Å². The predicted molar refractivity (Wildman–Crippen MR) is 92.6 cm³/mol. The van der Waals surface area contributed by atoms with Gasteiger partial charge in [-0.1, -0.05) is 56.3 Å². The van der Waals surface area contributed by atoms with Crippen LogP contribution in [-0.2, 0) is 6.54 Å². The largest absolute Gasteiger partial charge is 0.309 e. The topological polar surface area (TPSA) is 15.3 Å². The molecule has 0 heterocycles. The maximum atomic E-state index is 3.75. The van der Waals surface area contributed by atoms with E-state index >= 15 is 0 Å². The fourth-order valence-corrected chi connectivity index (χ4v) is 2.93. The molecule has 2 heteroatoms. The highest BCUT2D eigenvalue weighted by atomic mass is 15.1. The van der Waals surface area contributed by atoms with E-state index in [0.717, 1.165) is 19.0 Å². The highest BCUT2D eigenvalue weighted by Crippen LogP contribution is 2.18. The minimum atomic E-state index is 0.541. The number of rotatable bonds is 7. The Balaban J connectivity index is 2.08. The fraction of sp³-hybridized carbons (Fsp3) is 0.474. The summed E-state index contributed by atoms with van der Waals surface area (Å²) in [6.07, 6.45) is 1.21. The third kappa shape index (κ3) is 4.83. The summed E-state index contributed by atoms with van der Waals surface area (Å²) in [6, 6.07) is 15.7. The second-order valence-corrected chi connectivity index (χ2v) is 6.61. The van der Waals surface area contributed by atoms with E-state index in [9.17, 15) is 0 Å². The normalized spacial score (nSPS) is 13.2. The average molecular weight is 284 g/mol. The molecular formula is C19H28N2. The molecule has 0 aliphatic rings. The van der Waals surface area contributed by atoms with E-state index in [1.54, 1.807) is 0 Å². The Bertz CT molecular complexity index is 545. The molecule has 0 aromatic heterocycles. The van der Waals surface area contributed by atoms with Crippen molar-refractivity contribution in [2.24, 2.45) is 5.92 Å². The smallest absolute Gasteiger partial charge is 0.0214 e. The molecule has 1 unspecified atom stereocenters. The zero-order chi connectivity index (χ0) is 15.2. The van der Waals surface area contributed by atoms with Gasteiger partial charge in [-0.2, -0.15) is 0 Å². The van der Waals surface area contributed by atoms with Crippen LogP contribution < -0.4 is 5.32 Å². The van der Waals surface area contributed by atoms with Gasteiger partial charge in [-0.25, -0.2) is 0 Å². The number of likely N-dealkylation sites (N-methyl/N-ethyl adjacent to an activating group) is 1. The molecule has 1 atom stereocenters. The standard InChI is InChI=1S/C19H28N2/c1-15(2)12-18(14-21(3)4)20-13-17-10-7-9-16-8-5-6-11-19(16)17/h5-11,15,18,20H,12-14H2,1-4H3. The molecule has 2 nitrogen and oxygen atoms in total. The Morgan fingerprint density at radius 2 is 1.71 bits per heavy atom. The van der Waals surface area contributed by atoms with E-state index in [2.05, 4.69) is 80.6 Å². The minimum Gasteiger partial charge on any atom is -0.309 e. The summed E-state index contributed by atoms with van der Waals surface area (Å²) in [5.74, 6) is 0.718. The Hall–Kier alpha value is -1.38. The van der Waals surface area contributed by atoms with Crippen molar-refractivity contribution >= 4 is 10.8 Å². The molecule has 21 heavy (non-hydrogen) atoms. The molecular weight excluding hydrogens is 256 g/mol. The Morgan fingerprint density at radius 3 is 2.43 bits per heavy atom. The average Bonchev–Trinajstić information content (AvgIpc) is 2.43. The zero-order valence-electron chi connectivity index (χ0n) is 13.8. The summed E-state index contributed by atoms with van der Waals surface area (Å²) in [5.41, 5.74) is 1.39. The van der Waals surface area contributed by atoms with E-state index in [-0.39, 0.29) is 0 Å². The van der Waals surface area contributed by atoms with Gasteiger partial charge >= 0.3 is 0 Å². The molecule has 0 bridgehead atoms. The lowest BCUT2D eigenvalue weighted by Crippen LogP contribution is -2.38. The summed E-state index contributed by atoms with van der Waals surface area (Å²) in [4.78, 5) is 2.27. The second kappa shape index (κ2) is 7.58. The number of fused-ring (bicyclic) bond motifs is 1. The summed E-state index contributed by atoms with van der Waals surface area (Å²) in [7, 11) is 4.29. The monoisotopic (exact) mass is 284 g/mol. The molecule has 0 fully saturated rings. The van der Waals surface area contributed by atoms with Crippen LogP contribution in [0.15, 0.2) is 42.5 Å². The molecule has 0 saturated heterocycles. The molecule has 114 valence electrons. The molecule has 2 aromatic carbocycles. The molecule has 0 spiro atoms. The van der Waals surface area contributed by atoms with E-state index in [1.165, 1.54) is 22.8 Å². The van der Waals surface area contributed by atoms with Crippen LogP contribution in [0.3, 0.4) is 0 Å². The summed E-state index contributed by atoms with van der Waals surface area (Å²) < 4.78 is 0. The Kier molecular flexibility index (Phi) is 5.77. The molecule has 0 aliphatic carbocycles. The van der Waals surface area contributed by atoms with Gasteiger partial charge in [-0.05, 0) is 42.8 Å². The van der Waals surface area contributed by atoms with Crippen LogP contribution in [0.5, 0.6) is 0 Å². The van der Waals surface area contributed by atoms with E-state index in [1.807, 2.05) is 0 Å². The first-order valence-corrected chi connectivity index (χ1v) is 7.91. The van der Waals surface area contributed by atoms with Crippen LogP contribution in [0.2, 0.25) is 0 Å². The van der Waals surface area contributed by atoms with Gasteiger partial charge in [0.1, 0.15) is 0 Å². The lowest BCUT2D eigenvalue weighted by atomic mass is 10.0. The van der Waals surface area contributed by atoms with Gasteiger partial charge in [-0.3, -0.25) is 0 Å². The molecule has 0 amide bonds. The minimum absolute atomic E-state index is 0.541. The lowest BCUT2D eigenvalue weighted by Gasteiger charge is -2.24. The van der Waals surface area contributed by atoms with Gasteiger partial charge in [0, 0.05) is 19.1 Å². The fourth-order valence-electron chi connectivity index (χ4n) is 2.93. The van der Waals surface area contributed by atoms with Crippen molar-refractivity contribution in [1.29, 1.82) is 0 Å². The summed E-state index contributed by atoms with van der Waals surface area (Å²) in [6.45, 7) is 6.61. The quantitative estimate of drug-likeness (QED) is 0.829. The summed E-state index contributed by atoms with van der Waals surface area (Å²) >= 11 is 0. The molecule has 0 saturated carbocycles. The van der Waals surface area contributed by atoms with Gasteiger partial charge in [0.05, 0.1) is 0 Å². The number of hydrogen-bond donors (Lipinski definition) is 1. The second-order valence-electron chi connectivity index (χ2n) is 6.61. The van der Waals surface area contributed by atoms with Gasteiger partial charge in [0.25, 0.3) is 0 Å². The first-order valence-electron chi connectivity index (χ1n) is 7.91. The van der Waals surface area contributed by atoms with Crippen LogP contribution in [-0.4, -0.2) is 31.6 Å². The van der Waals surface area contributed by atoms with Crippen molar-refractivity contribution in [1.82, 2.24) is 10.2 Å². The first-order chi connectivity index (χ1) is 10.1. The summed E-state index contributed by atoms with van der Waals surface area (Å²) in [5, 5.41) is 6.43. The lowest BCUT2D eigenvalue weighted by molar-refractivity contribution is 0.305. The van der Waals surface area contributed by atoms with Gasteiger partial charge in [0.15, 0.2) is 0 Å². The third-order valence-electron chi connectivity index (χ3n) is 3.80. The van der Waals surface area contributed by atoms with Gasteiger partial charge < -0.3 is 10.2 Å². The highest BCUT2D eigenvalue weighted by Gasteiger charge is 2.12. The van der Waals surface area contributed by atoms with Crippen molar-refractivity contribution in [3.05, 3.63) is 48.0 Å². The van der Waals surface area contributed by atoms with Gasteiger partial charge in [-0.15, -0.1) is 0 Å². The molecule has 0 aliphatic heterocycles. The van der Waals surface area contributed by atoms with E-state index in [0.29, 0.717) is 6.04 Å². The number of nitrogens with zero attached hydrogens (tertiary/aromatic N) is 1. The van der Waals surface area contributed by atoms with Crippen molar-refractivity contribution in [3.8, 4) is 0 Å². The highest BCUT2D eigenvalue weighted by molar-refractivity contribution is 5.85. The maximum absolute atomic E-state index is 3.75. The number of nitrogens with one attached hydrogen (secondary N) is 1. The molecule has 0 radical (unpaired) electrons. The van der Waals surface area contributed by atoms with Crippen molar-refractivity contribution in [3.63, 3.8) is 0 Å². The number of benzene rings is 2. The Labute approximate surface area is 129 Å².